The van der Waals surface area contributed by atoms with Crippen LogP contribution in [-0.4, -0.2) is 61.1 Å². The van der Waals surface area contributed by atoms with Gasteiger partial charge in [-0.3, -0.25) is 9.69 Å². The Balaban J connectivity index is 1.44. The van der Waals surface area contributed by atoms with Crippen LogP contribution in [-0.2, 0) is 9.53 Å². The van der Waals surface area contributed by atoms with Crippen molar-refractivity contribution in [2.45, 2.75) is 57.4 Å². The summed E-state index contributed by atoms with van der Waals surface area (Å²) in [5.74, 6) is 1.89. The lowest BCUT2D eigenvalue weighted by Crippen LogP contribution is -2.72. The number of rotatable bonds is 7. The molecule has 4 nitrogen and oxygen atoms in total. The van der Waals surface area contributed by atoms with Gasteiger partial charge in [0.2, 0.25) is 5.91 Å². The van der Waals surface area contributed by atoms with Crippen LogP contribution in [0, 0.1) is 11.8 Å². The highest BCUT2D eigenvalue weighted by atomic mass is 16.5. The summed E-state index contributed by atoms with van der Waals surface area (Å²) in [6, 6.07) is 0. The molecule has 1 aliphatic carbocycles. The molecule has 3 fully saturated rings. The molecule has 0 radical (unpaired) electrons. The van der Waals surface area contributed by atoms with Crippen molar-refractivity contribution < 1.29 is 9.53 Å². The molecule has 2 saturated heterocycles. The van der Waals surface area contributed by atoms with E-state index < -0.39 is 0 Å². The van der Waals surface area contributed by atoms with Crippen LogP contribution in [0.1, 0.15) is 51.9 Å². The molecule has 0 bridgehead atoms. The zero-order valence-corrected chi connectivity index (χ0v) is 14.4. The van der Waals surface area contributed by atoms with Gasteiger partial charge in [-0.2, -0.15) is 0 Å². The number of likely N-dealkylation sites (N-methyl/N-ethyl adjacent to an activating group) is 1. The van der Waals surface area contributed by atoms with Gasteiger partial charge in [0.1, 0.15) is 0 Å². The normalized spacial score (nSPS) is 27.9. The average Bonchev–Trinajstić information content (AvgIpc) is 3.28. The lowest BCUT2D eigenvalue weighted by molar-refractivity contribution is -0.151. The van der Waals surface area contributed by atoms with E-state index in [0.717, 1.165) is 58.0 Å². The third kappa shape index (κ3) is 3.65. The van der Waals surface area contributed by atoms with Crippen molar-refractivity contribution in [3.8, 4) is 0 Å². The van der Waals surface area contributed by atoms with Crippen molar-refractivity contribution in [1.29, 1.82) is 0 Å². The lowest BCUT2D eigenvalue weighted by atomic mass is 9.75. The van der Waals surface area contributed by atoms with Crippen molar-refractivity contribution in [2.24, 2.45) is 11.8 Å². The molecule has 4 heteroatoms. The van der Waals surface area contributed by atoms with Gasteiger partial charge in [0.15, 0.2) is 0 Å². The molecule has 0 N–H and O–H groups in total. The lowest BCUT2D eigenvalue weighted by Gasteiger charge is -2.58. The van der Waals surface area contributed by atoms with Crippen LogP contribution in [0.3, 0.4) is 0 Å². The van der Waals surface area contributed by atoms with Crippen molar-refractivity contribution in [2.75, 3.05) is 39.9 Å². The van der Waals surface area contributed by atoms with Crippen molar-refractivity contribution >= 4 is 5.91 Å². The first-order valence-electron chi connectivity index (χ1n) is 9.20. The minimum atomic E-state index is 0.244. The first kappa shape index (κ1) is 16.3. The molecule has 1 spiro atoms. The third-order valence-corrected chi connectivity index (χ3v) is 5.82. The zero-order valence-electron chi connectivity index (χ0n) is 14.4. The maximum Gasteiger partial charge on any atom is 0.222 e. The molecule has 0 aromatic rings. The summed E-state index contributed by atoms with van der Waals surface area (Å²) in [5.41, 5.74) is 0.244. The molecule has 2 heterocycles. The Labute approximate surface area is 135 Å². The van der Waals surface area contributed by atoms with Crippen LogP contribution >= 0.6 is 0 Å². The van der Waals surface area contributed by atoms with Gasteiger partial charge in [-0.05, 0) is 57.5 Å². The summed E-state index contributed by atoms with van der Waals surface area (Å²) in [6.07, 6.45) is 8.03. The third-order valence-electron chi connectivity index (χ3n) is 5.82. The number of unbranched alkanes of at least 4 members (excludes halogenated alkanes) is 1. The van der Waals surface area contributed by atoms with Crippen LogP contribution in [0.2, 0.25) is 0 Å². The Morgan fingerprint density at radius 2 is 1.91 bits per heavy atom. The van der Waals surface area contributed by atoms with Gasteiger partial charge in [0.05, 0.1) is 5.54 Å². The number of carbonyl (C=O) groups excluding carboxylic acids is 1. The Morgan fingerprint density at radius 1 is 1.18 bits per heavy atom. The number of nitrogens with zero attached hydrogens (tertiary/aromatic N) is 2. The van der Waals surface area contributed by atoms with Crippen LogP contribution in [0.5, 0.6) is 0 Å². The average molecular weight is 308 g/mol. The molecule has 126 valence electrons. The molecule has 22 heavy (non-hydrogen) atoms. The standard InChI is InChI=1S/C18H32N2O2/c1-3-4-5-17(21)20-13-18(14-20)10-16(8-9-19(18)2)12-22-11-15-6-7-15/h15-16H,3-14H2,1-2H3/t16-/m1/s1. The summed E-state index contributed by atoms with van der Waals surface area (Å²) in [6.45, 7) is 7.06. The summed E-state index contributed by atoms with van der Waals surface area (Å²) in [7, 11) is 2.23. The largest absolute Gasteiger partial charge is 0.381 e. The number of hydrogen-bond acceptors (Lipinski definition) is 3. The fraction of sp³-hybridized carbons (Fsp3) is 0.944. The summed E-state index contributed by atoms with van der Waals surface area (Å²) in [5, 5.41) is 0. The topological polar surface area (TPSA) is 32.8 Å². The van der Waals surface area contributed by atoms with Gasteiger partial charge in [-0.1, -0.05) is 13.3 Å². The number of hydrogen-bond donors (Lipinski definition) is 0. The van der Waals surface area contributed by atoms with Crippen molar-refractivity contribution in [3.63, 3.8) is 0 Å². The van der Waals surface area contributed by atoms with E-state index in [0.29, 0.717) is 11.8 Å². The predicted molar refractivity (Wildman–Crippen MR) is 87.7 cm³/mol. The van der Waals surface area contributed by atoms with Crippen LogP contribution in [0.4, 0.5) is 0 Å². The Morgan fingerprint density at radius 3 is 2.59 bits per heavy atom. The van der Waals surface area contributed by atoms with E-state index in [1.165, 1.54) is 25.7 Å². The maximum absolute atomic E-state index is 12.1. The van der Waals surface area contributed by atoms with E-state index in [-0.39, 0.29) is 5.54 Å². The number of ether oxygens (including phenoxy) is 1. The monoisotopic (exact) mass is 308 g/mol. The molecule has 0 aromatic carbocycles. The Bertz CT molecular complexity index is 389. The van der Waals surface area contributed by atoms with Gasteiger partial charge < -0.3 is 9.64 Å². The summed E-state index contributed by atoms with van der Waals surface area (Å²) in [4.78, 5) is 16.7. The van der Waals surface area contributed by atoms with E-state index >= 15 is 0 Å². The molecular formula is C18H32N2O2. The highest BCUT2D eigenvalue weighted by Crippen LogP contribution is 2.39. The van der Waals surface area contributed by atoms with E-state index in [9.17, 15) is 4.79 Å². The molecular weight excluding hydrogens is 276 g/mol. The number of likely N-dealkylation sites (tertiary alicyclic amines) is 2. The van der Waals surface area contributed by atoms with Crippen molar-refractivity contribution in [1.82, 2.24) is 9.80 Å². The zero-order chi connectivity index (χ0) is 15.6. The maximum atomic E-state index is 12.1. The summed E-state index contributed by atoms with van der Waals surface area (Å²) >= 11 is 0. The fourth-order valence-corrected chi connectivity index (χ4v) is 3.93. The molecule has 1 atom stereocenters. The van der Waals surface area contributed by atoms with Gasteiger partial charge in [-0.15, -0.1) is 0 Å². The highest BCUT2D eigenvalue weighted by molar-refractivity contribution is 5.77. The van der Waals surface area contributed by atoms with E-state index in [4.69, 9.17) is 4.74 Å². The molecule has 3 aliphatic rings. The first-order chi connectivity index (χ1) is 10.6. The number of carbonyl (C=O) groups is 1. The van der Waals surface area contributed by atoms with Crippen LogP contribution < -0.4 is 0 Å². The predicted octanol–water partition coefficient (Wildman–Crippen LogP) is 2.53. The SMILES string of the molecule is CCCCC(=O)N1CC2(C[C@H](COCC3CC3)CCN2C)C1. The molecule has 0 aromatic heterocycles. The highest BCUT2D eigenvalue weighted by Gasteiger charge is 2.50. The smallest absolute Gasteiger partial charge is 0.222 e. The summed E-state index contributed by atoms with van der Waals surface area (Å²) < 4.78 is 5.92. The minimum absolute atomic E-state index is 0.244. The van der Waals surface area contributed by atoms with Gasteiger partial charge >= 0.3 is 0 Å². The van der Waals surface area contributed by atoms with Crippen LogP contribution in [0.25, 0.3) is 0 Å². The van der Waals surface area contributed by atoms with Crippen molar-refractivity contribution in [3.05, 3.63) is 0 Å². The number of amides is 1. The Kier molecular flexibility index (Phi) is 5.08. The van der Waals surface area contributed by atoms with Gasteiger partial charge in [-0.25, -0.2) is 0 Å². The Hall–Kier alpha value is -0.610. The number of piperidine rings is 1. The molecule has 0 unspecified atom stereocenters. The van der Waals surface area contributed by atoms with Gasteiger partial charge in [0, 0.05) is 32.7 Å². The van der Waals surface area contributed by atoms with E-state index in [1.807, 2.05) is 0 Å². The molecule has 2 aliphatic heterocycles. The van der Waals surface area contributed by atoms with Gasteiger partial charge in [0.25, 0.3) is 0 Å². The fourth-order valence-electron chi connectivity index (χ4n) is 3.93. The second-order valence-electron chi connectivity index (χ2n) is 7.84. The molecule has 1 amide bonds. The second kappa shape index (κ2) is 6.88. The first-order valence-corrected chi connectivity index (χ1v) is 9.20. The second-order valence-corrected chi connectivity index (χ2v) is 7.84. The quantitative estimate of drug-likeness (QED) is 0.724. The molecule has 3 rings (SSSR count). The minimum Gasteiger partial charge on any atom is -0.381 e. The van der Waals surface area contributed by atoms with Crippen LogP contribution in [0.15, 0.2) is 0 Å². The molecule has 1 saturated carbocycles. The van der Waals surface area contributed by atoms with E-state index in [2.05, 4.69) is 23.8 Å². The van der Waals surface area contributed by atoms with E-state index in [1.54, 1.807) is 0 Å².